The molecule has 5 atom stereocenters. The molecule has 2 N–H and O–H groups in total. The molecular weight excluding hydrogens is 304 g/mol. The van der Waals surface area contributed by atoms with Crippen molar-refractivity contribution in [2.24, 2.45) is 11.8 Å². The first-order valence-corrected chi connectivity index (χ1v) is 9.31. The van der Waals surface area contributed by atoms with Crippen LogP contribution < -0.4 is 0 Å². The van der Waals surface area contributed by atoms with E-state index in [9.17, 15) is 15.0 Å². The normalized spacial score (nSPS) is 46.2. The van der Waals surface area contributed by atoms with Gasteiger partial charge >= 0.3 is 0 Å². The molecule has 2 aliphatic rings. The third kappa shape index (κ3) is 4.27. The number of hydrogen-bond donors (Lipinski definition) is 2. The number of Topliss-reactive ketones (excluding diaryl/α,β-unsaturated/α-hetero) is 1. The first kappa shape index (κ1) is 19.6. The van der Waals surface area contributed by atoms with Crippen molar-refractivity contribution >= 4 is 5.78 Å². The zero-order valence-corrected chi connectivity index (χ0v) is 15.8. The molecule has 0 aromatic heterocycles. The number of ketones is 1. The number of carbonyl (C=O) groups is 1. The largest absolute Gasteiger partial charge is 0.390 e. The van der Waals surface area contributed by atoms with Crippen LogP contribution in [0, 0.1) is 11.8 Å². The lowest BCUT2D eigenvalue weighted by Gasteiger charge is -2.37. The number of hydrogen-bond acceptors (Lipinski definition) is 4. The van der Waals surface area contributed by atoms with Crippen LogP contribution in [0.15, 0.2) is 12.2 Å². The lowest BCUT2D eigenvalue weighted by atomic mass is 9.82. The van der Waals surface area contributed by atoms with Crippen LogP contribution in [0.5, 0.6) is 0 Å². The molecule has 2 heterocycles. The summed E-state index contributed by atoms with van der Waals surface area (Å²) in [7, 11) is 0. The predicted octanol–water partition coefficient (Wildman–Crippen LogP) is 3.40. The van der Waals surface area contributed by atoms with Gasteiger partial charge in [-0.15, -0.1) is 0 Å². The number of rotatable bonds is 1. The highest BCUT2D eigenvalue weighted by Crippen LogP contribution is 2.46. The molecule has 0 radical (unpaired) electrons. The van der Waals surface area contributed by atoms with Gasteiger partial charge in [0.2, 0.25) is 0 Å². The molecule has 0 aromatic carbocycles. The zero-order chi connectivity index (χ0) is 18.2. The van der Waals surface area contributed by atoms with Crippen molar-refractivity contribution in [1.29, 1.82) is 0 Å². The first-order chi connectivity index (χ1) is 11.0. The summed E-state index contributed by atoms with van der Waals surface area (Å²) in [5.41, 5.74) is -2.23. The molecule has 4 nitrogen and oxygen atoms in total. The average Bonchev–Trinajstić information content (AvgIpc) is 2.81. The molecule has 0 amide bonds. The van der Waals surface area contributed by atoms with Gasteiger partial charge in [0.25, 0.3) is 0 Å². The van der Waals surface area contributed by atoms with E-state index in [1.54, 1.807) is 13.0 Å². The molecule has 0 aliphatic carbocycles. The fraction of sp³-hybridized carbons (Fsp3) is 0.850. The van der Waals surface area contributed by atoms with Crippen molar-refractivity contribution in [2.45, 2.75) is 96.1 Å². The molecule has 24 heavy (non-hydrogen) atoms. The minimum atomic E-state index is -1.16. The Kier molecular flexibility index (Phi) is 5.63. The summed E-state index contributed by atoms with van der Waals surface area (Å²) in [4.78, 5) is 12.2. The van der Waals surface area contributed by atoms with Crippen LogP contribution in [0.4, 0.5) is 0 Å². The number of carbonyl (C=O) groups excluding carboxylic acids is 1. The molecule has 0 spiro atoms. The summed E-state index contributed by atoms with van der Waals surface area (Å²) in [6.07, 6.45) is 6.74. The van der Waals surface area contributed by atoms with E-state index in [-0.39, 0.29) is 24.0 Å². The predicted molar refractivity (Wildman–Crippen MR) is 94.7 cm³/mol. The molecule has 1 saturated heterocycles. The van der Waals surface area contributed by atoms with E-state index in [0.29, 0.717) is 12.8 Å². The van der Waals surface area contributed by atoms with Gasteiger partial charge in [-0.25, -0.2) is 0 Å². The van der Waals surface area contributed by atoms with E-state index in [1.807, 2.05) is 19.9 Å². The van der Waals surface area contributed by atoms with E-state index >= 15 is 0 Å². The van der Waals surface area contributed by atoms with Crippen molar-refractivity contribution in [1.82, 2.24) is 0 Å². The molecule has 2 bridgehead atoms. The van der Waals surface area contributed by atoms with Gasteiger partial charge in [-0.2, -0.15) is 0 Å². The fourth-order valence-electron chi connectivity index (χ4n) is 4.02. The van der Waals surface area contributed by atoms with Gasteiger partial charge < -0.3 is 14.9 Å². The van der Waals surface area contributed by atoms with Crippen LogP contribution in [0.2, 0.25) is 0 Å². The van der Waals surface area contributed by atoms with Gasteiger partial charge in [-0.3, -0.25) is 4.79 Å². The quantitative estimate of drug-likeness (QED) is 0.719. The highest BCUT2D eigenvalue weighted by molar-refractivity contribution is 5.79. The Bertz CT molecular complexity index is 496. The highest BCUT2D eigenvalue weighted by Gasteiger charge is 2.50. The van der Waals surface area contributed by atoms with Gasteiger partial charge in [0.1, 0.15) is 5.78 Å². The molecule has 0 unspecified atom stereocenters. The molecule has 1 fully saturated rings. The summed E-state index contributed by atoms with van der Waals surface area (Å²) in [5.74, 6) is 0.493. The average molecular weight is 338 g/mol. The first-order valence-electron chi connectivity index (χ1n) is 9.31. The van der Waals surface area contributed by atoms with Crippen LogP contribution in [-0.2, 0) is 9.53 Å². The standard InChI is InChI=1S/C20H34O4/c1-14(2)20-10-8-18(4,23)13-16(21)12-15(3)6-7-17(22)19(5,24-20)9-11-20/h8,10,14-15,17,22-23H,6-7,9,11-13H2,1-5H3/b10-8+/t15-,17+,18+,19-,20-/m0/s1. The van der Waals surface area contributed by atoms with Gasteiger partial charge in [0, 0.05) is 12.8 Å². The summed E-state index contributed by atoms with van der Waals surface area (Å²) in [6, 6.07) is 0. The molecule has 138 valence electrons. The van der Waals surface area contributed by atoms with Gasteiger partial charge in [0.15, 0.2) is 0 Å². The number of aliphatic hydroxyl groups excluding tert-OH is 1. The number of aliphatic hydroxyl groups is 2. The van der Waals surface area contributed by atoms with Crippen molar-refractivity contribution < 1.29 is 19.7 Å². The van der Waals surface area contributed by atoms with Crippen molar-refractivity contribution in [3.05, 3.63) is 12.2 Å². The van der Waals surface area contributed by atoms with Crippen LogP contribution in [0.1, 0.15) is 73.1 Å². The second-order valence-electron chi connectivity index (χ2n) is 8.83. The number of ether oxygens (including phenoxy) is 1. The molecule has 0 saturated carbocycles. The fourth-order valence-corrected chi connectivity index (χ4v) is 4.02. The van der Waals surface area contributed by atoms with E-state index in [2.05, 4.69) is 13.8 Å². The molecule has 4 heteroatoms. The number of fused-ring (bicyclic) bond motifs is 2. The summed E-state index contributed by atoms with van der Waals surface area (Å²) in [6.45, 7) is 9.90. The molecule has 2 aliphatic heterocycles. The summed E-state index contributed by atoms with van der Waals surface area (Å²) < 4.78 is 6.45. The Morgan fingerprint density at radius 1 is 1.21 bits per heavy atom. The molecule has 0 aromatic rings. The Balaban J connectivity index is 2.36. The lowest BCUT2D eigenvalue weighted by molar-refractivity contribution is -0.146. The Hall–Kier alpha value is -0.710. The second-order valence-corrected chi connectivity index (χ2v) is 8.83. The Morgan fingerprint density at radius 2 is 1.88 bits per heavy atom. The third-order valence-electron chi connectivity index (χ3n) is 5.91. The maximum atomic E-state index is 12.2. The highest BCUT2D eigenvalue weighted by atomic mass is 16.5. The lowest BCUT2D eigenvalue weighted by Crippen LogP contribution is -2.44. The minimum Gasteiger partial charge on any atom is -0.390 e. The van der Waals surface area contributed by atoms with E-state index in [1.165, 1.54) is 0 Å². The van der Waals surface area contributed by atoms with E-state index in [4.69, 9.17) is 4.74 Å². The topological polar surface area (TPSA) is 66.8 Å². The third-order valence-corrected chi connectivity index (χ3v) is 5.91. The van der Waals surface area contributed by atoms with Crippen LogP contribution in [0.25, 0.3) is 0 Å². The van der Waals surface area contributed by atoms with E-state index < -0.39 is 22.9 Å². The SMILES string of the molecule is CC(C)[C@]12/C=C/[C@@](C)(O)CC(=O)C[C@@H](C)CC[C@@H](O)[C@](C)(CC1)O2. The Morgan fingerprint density at radius 3 is 2.50 bits per heavy atom. The smallest absolute Gasteiger partial charge is 0.136 e. The van der Waals surface area contributed by atoms with Gasteiger partial charge in [-0.1, -0.05) is 32.9 Å². The maximum absolute atomic E-state index is 12.2. The molecular formula is C20H34O4. The van der Waals surface area contributed by atoms with Crippen molar-refractivity contribution in [3.8, 4) is 0 Å². The van der Waals surface area contributed by atoms with Crippen molar-refractivity contribution in [2.75, 3.05) is 0 Å². The summed E-state index contributed by atoms with van der Waals surface area (Å²) in [5, 5.41) is 21.3. The van der Waals surface area contributed by atoms with E-state index in [0.717, 1.165) is 19.3 Å². The minimum absolute atomic E-state index is 0.0711. The maximum Gasteiger partial charge on any atom is 0.136 e. The van der Waals surface area contributed by atoms with Crippen LogP contribution >= 0.6 is 0 Å². The van der Waals surface area contributed by atoms with Crippen LogP contribution in [0.3, 0.4) is 0 Å². The van der Waals surface area contributed by atoms with Gasteiger partial charge in [-0.05, 0) is 51.4 Å². The zero-order valence-electron chi connectivity index (χ0n) is 15.8. The van der Waals surface area contributed by atoms with Crippen LogP contribution in [-0.4, -0.2) is 38.9 Å². The summed E-state index contributed by atoms with van der Waals surface area (Å²) >= 11 is 0. The van der Waals surface area contributed by atoms with Gasteiger partial charge in [0.05, 0.1) is 22.9 Å². The van der Waals surface area contributed by atoms with Crippen molar-refractivity contribution in [3.63, 3.8) is 0 Å². The second kappa shape index (κ2) is 6.89. The monoisotopic (exact) mass is 338 g/mol. The Labute approximate surface area is 146 Å². The molecule has 2 rings (SSSR count).